The van der Waals surface area contributed by atoms with Gasteiger partial charge in [-0.25, -0.2) is 4.68 Å². The van der Waals surface area contributed by atoms with E-state index in [2.05, 4.69) is 10.2 Å². The molecule has 0 bridgehead atoms. The Morgan fingerprint density at radius 3 is 2.55 bits per heavy atom. The lowest BCUT2D eigenvalue weighted by Crippen LogP contribution is -2.15. The van der Waals surface area contributed by atoms with Gasteiger partial charge in [-0.3, -0.25) is 4.68 Å². The molecule has 1 aromatic carbocycles. The first kappa shape index (κ1) is 12.6. The quantitative estimate of drug-likeness (QED) is 0.784. The first-order chi connectivity index (χ1) is 9.72. The summed E-state index contributed by atoms with van der Waals surface area (Å²) in [6.07, 6.45) is 4.54. The van der Waals surface area contributed by atoms with Crippen molar-refractivity contribution in [3.63, 3.8) is 0 Å². The zero-order chi connectivity index (χ0) is 13.9. The van der Waals surface area contributed by atoms with Crippen LogP contribution in [-0.2, 0) is 13.5 Å². The largest absolute Gasteiger partial charge is 0.322 e. The third-order valence-corrected chi connectivity index (χ3v) is 3.21. The second-order valence-corrected chi connectivity index (χ2v) is 4.81. The first-order valence-electron chi connectivity index (χ1n) is 6.57. The van der Waals surface area contributed by atoms with Crippen molar-refractivity contribution in [2.24, 2.45) is 12.8 Å². The van der Waals surface area contributed by atoms with Crippen molar-refractivity contribution in [1.82, 2.24) is 19.6 Å². The molecule has 0 aliphatic carbocycles. The second-order valence-electron chi connectivity index (χ2n) is 4.81. The smallest absolute Gasteiger partial charge is 0.0800 e. The van der Waals surface area contributed by atoms with Crippen LogP contribution in [0.25, 0.3) is 5.69 Å². The fraction of sp³-hybridized carbons (Fsp3) is 0.200. The lowest BCUT2D eigenvalue weighted by atomic mass is 10.1. The van der Waals surface area contributed by atoms with E-state index in [9.17, 15) is 0 Å². The number of nitrogens with zero attached hydrogens (tertiary/aromatic N) is 4. The summed E-state index contributed by atoms with van der Waals surface area (Å²) in [6.45, 7) is 0. The van der Waals surface area contributed by atoms with Gasteiger partial charge in [0.2, 0.25) is 0 Å². The van der Waals surface area contributed by atoms with Gasteiger partial charge in [-0.1, -0.05) is 18.2 Å². The van der Waals surface area contributed by atoms with E-state index >= 15 is 0 Å². The molecule has 0 spiro atoms. The van der Waals surface area contributed by atoms with Crippen LogP contribution < -0.4 is 5.73 Å². The lowest BCUT2D eigenvalue weighted by Gasteiger charge is -2.06. The number of nitrogens with two attached hydrogens (primary N) is 1. The summed E-state index contributed by atoms with van der Waals surface area (Å²) in [5, 5.41) is 8.88. The molecule has 5 heteroatoms. The molecule has 0 saturated carbocycles. The Balaban J connectivity index is 1.76. The molecule has 3 aromatic rings. The molecule has 0 amide bonds. The van der Waals surface area contributed by atoms with E-state index in [1.165, 1.54) is 0 Å². The van der Waals surface area contributed by atoms with Crippen molar-refractivity contribution in [2.75, 3.05) is 0 Å². The number of rotatable bonds is 4. The average molecular weight is 267 g/mol. The summed E-state index contributed by atoms with van der Waals surface area (Å²) in [6, 6.07) is 13.8. The normalized spacial score (nSPS) is 12.5. The number of para-hydroxylation sites is 1. The molecule has 2 aromatic heterocycles. The van der Waals surface area contributed by atoms with Crippen LogP contribution in [0, 0.1) is 0 Å². The highest BCUT2D eigenvalue weighted by Crippen LogP contribution is 2.15. The van der Waals surface area contributed by atoms with Gasteiger partial charge in [0.1, 0.15) is 0 Å². The zero-order valence-electron chi connectivity index (χ0n) is 11.3. The maximum absolute atomic E-state index is 6.20. The minimum absolute atomic E-state index is 0.144. The molecular weight excluding hydrogens is 250 g/mol. The first-order valence-corrected chi connectivity index (χ1v) is 6.57. The number of hydrogen-bond acceptors (Lipinski definition) is 3. The predicted octanol–water partition coefficient (Wildman–Crippen LogP) is 1.85. The Bertz CT molecular complexity index is 683. The summed E-state index contributed by atoms with van der Waals surface area (Å²) in [4.78, 5) is 0. The highest BCUT2D eigenvalue weighted by atomic mass is 15.3. The monoisotopic (exact) mass is 267 g/mol. The van der Waals surface area contributed by atoms with Gasteiger partial charge in [0.25, 0.3) is 0 Å². The van der Waals surface area contributed by atoms with Crippen LogP contribution in [0.4, 0.5) is 0 Å². The van der Waals surface area contributed by atoms with Gasteiger partial charge in [0, 0.05) is 25.9 Å². The maximum Gasteiger partial charge on any atom is 0.0800 e. The van der Waals surface area contributed by atoms with Crippen LogP contribution in [0.15, 0.2) is 54.9 Å². The fourth-order valence-corrected chi connectivity index (χ4v) is 2.16. The van der Waals surface area contributed by atoms with Crippen LogP contribution in [-0.4, -0.2) is 19.6 Å². The van der Waals surface area contributed by atoms with Crippen molar-refractivity contribution in [1.29, 1.82) is 0 Å². The van der Waals surface area contributed by atoms with E-state index < -0.39 is 0 Å². The second kappa shape index (κ2) is 5.30. The fourth-order valence-electron chi connectivity index (χ4n) is 2.16. The number of hydrogen-bond donors (Lipinski definition) is 1. The van der Waals surface area contributed by atoms with E-state index in [-0.39, 0.29) is 6.04 Å². The van der Waals surface area contributed by atoms with Gasteiger partial charge in [0.15, 0.2) is 0 Å². The Kier molecular flexibility index (Phi) is 3.35. The maximum atomic E-state index is 6.20. The summed E-state index contributed by atoms with van der Waals surface area (Å²) in [7, 11) is 1.90. The Morgan fingerprint density at radius 2 is 1.85 bits per heavy atom. The molecule has 2 heterocycles. The Labute approximate surface area is 117 Å². The molecule has 1 atom stereocenters. The van der Waals surface area contributed by atoms with Gasteiger partial charge < -0.3 is 5.73 Å². The zero-order valence-corrected chi connectivity index (χ0v) is 11.3. The Hall–Kier alpha value is -2.40. The third kappa shape index (κ3) is 2.62. The van der Waals surface area contributed by atoms with Crippen LogP contribution in [0.2, 0.25) is 0 Å². The predicted molar refractivity (Wildman–Crippen MR) is 77.4 cm³/mol. The van der Waals surface area contributed by atoms with Crippen LogP contribution in [0.1, 0.15) is 17.4 Å². The lowest BCUT2D eigenvalue weighted by molar-refractivity contribution is 0.649. The van der Waals surface area contributed by atoms with Gasteiger partial charge in [0.05, 0.1) is 23.1 Å². The van der Waals surface area contributed by atoms with Gasteiger partial charge in [-0.2, -0.15) is 10.2 Å². The van der Waals surface area contributed by atoms with Crippen molar-refractivity contribution in [3.05, 3.63) is 66.2 Å². The number of aryl methyl sites for hydroxylation is 1. The molecule has 0 aliphatic rings. The van der Waals surface area contributed by atoms with Crippen molar-refractivity contribution < 1.29 is 0 Å². The summed E-state index contributed by atoms with van der Waals surface area (Å²) >= 11 is 0. The number of benzene rings is 1. The number of aromatic nitrogens is 4. The van der Waals surface area contributed by atoms with Gasteiger partial charge in [-0.15, -0.1) is 0 Å². The Morgan fingerprint density at radius 1 is 1.05 bits per heavy atom. The van der Waals surface area contributed by atoms with E-state index in [0.29, 0.717) is 6.42 Å². The molecule has 0 saturated heterocycles. The highest BCUT2D eigenvalue weighted by Gasteiger charge is 2.12. The van der Waals surface area contributed by atoms with Gasteiger partial charge >= 0.3 is 0 Å². The van der Waals surface area contributed by atoms with Crippen LogP contribution in [0.3, 0.4) is 0 Å². The SMILES string of the molecule is Cn1ccc(CC(N)c2ccn(-c3ccccc3)n2)n1. The van der Waals surface area contributed by atoms with Crippen molar-refractivity contribution >= 4 is 0 Å². The minimum Gasteiger partial charge on any atom is -0.322 e. The molecule has 1 unspecified atom stereocenters. The van der Waals surface area contributed by atoms with Crippen LogP contribution >= 0.6 is 0 Å². The standard InChI is InChI=1S/C15H17N5/c1-19-9-7-12(17-19)11-14(16)15-8-10-20(18-15)13-5-3-2-4-6-13/h2-10,14H,11,16H2,1H3. The molecule has 0 radical (unpaired) electrons. The van der Waals surface area contributed by atoms with E-state index in [0.717, 1.165) is 17.1 Å². The molecule has 3 rings (SSSR count). The molecule has 5 nitrogen and oxygen atoms in total. The van der Waals surface area contributed by atoms with Crippen LogP contribution in [0.5, 0.6) is 0 Å². The van der Waals surface area contributed by atoms with Gasteiger partial charge in [-0.05, 0) is 24.3 Å². The molecule has 2 N–H and O–H groups in total. The minimum atomic E-state index is -0.144. The van der Waals surface area contributed by atoms with Crippen molar-refractivity contribution in [3.8, 4) is 5.69 Å². The molecular formula is C15H17N5. The molecule has 0 fully saturated rings. The summed E-state index contributed by atoms with van der Waals surface area (Å²) in [5.41, 5.74) is 9.09. The highest BCUT2D eigenvalue weighted by molar-refractivity contribution is 5.30. The third-order valence-electron chi connectivity index (χ3n) is 3.21. The topological polar surface area (TPSA) is 61.7 Å². The van der Waals surface area contributed by atoms with E-state index in [1.807, 2.05) is 66.6 Å². The summed E-state index contributed by atoms with van der Waals surface area (Å²) < 4.78 is 3.62. The molecule has 102 valence electrons. The molecule has 20 heavy (non-hydrogen) atoms. The van der Waals surface area contributed by atoms with E-state index in [1.54, 1.807) is 4.68 Å². The average Bonchev–Trinajstić information content (AvgIpc) is 3.09. The summed E-state index contributed by atoms with van der Waals surface area (Å²) in [5.74, 6) is 0. The van der Waals surface area contributed by atoms with E-state index in [4.69, 9.17) is 5.73 Å². The van der Waals surface area contributed by atoms with Crippen molar-refractivity contribution in [2.45, 2.75) is 12.5 Å². The molecule has 0 aliphatic heterocycles.